The van der Waals surface area contributed by atoms with Gasteiger partial charge in [0.15, 0.2) is 0 Å². The van der Waals surface area contributed by atoms with E-state index < -0.39 is 0 Å². The largest absolute Gasteiger partial charge is 0.291 e. The number of hydrogen-bond acceptors (Lipinski definition) is 2. The van der Waals surface area contributed by atoms with Gasteiger partial charge in [0.1, 0.15) is 6.67 Å². The molecule has 1 heterocycles. The molecule has 1 rings (SSSR count). The van der Waals surface area contributed by atoms with Crippen LogP contribution in [-0.2, 0) is 0 Å². The molecule has 0 aromatic rings. The molecule has 0 aliphatic carbocycles. The SMILES string of the molecule is CC(C)C1C=NN(CCF)C1C(C)C. The summed E-state index contributed by atoms with van der Waals surface area (Å²) in [6.45, 7) is 8.88. The second-order valence-electron chi connectivity index (χ2n) is 4.67. The molecule has 0 saturated heterocycles. The highest BCUT2D eigenvalue weighted by molar-refractivity contribution is 5.64. The Hall–Kier alpha value is -0.600. The fraction of sp³-hybridized carbons (Fsp3) is 0.909. The van der Waals surface area contributed by atoms with Crippen LogP contribution < -0.4 is 0 Å². The van der Waals surface area contributed by atoms with E-state index in [-0.39, 0.29) is 6.67 Å². The molecule has 0 fully saturated rings. The molecule has 0 amide bonds. The van der Waals surface area contributed by atoms with Crippen molar-refractivity contribution in [3.05, 3.63) is 0 Å². The zero-order valence-electron chi connectivity index (χ0n) is 9.57. The maximum Gasteiger partial charge on any atom is 0.109 e. The zero-order valence-corrected chi connectivity index (χ0v) is 9.57. The molecule has 0 N–H and O–H groups in total. The number of alkyl halides is 1. The predicted molar refractivity (Wildman–Crippen MR) is 58.1 cm³/mol. The van der Waals surface area contributed by atoms with Crippen molar-refractivity contribution < 1.29 is 4.39 Å². The van der Waals surface area contributed by atoms with Gasteiger partial charge in [-0.25, -0.2) is 4.39 Å². The third-order valence-electron chi connectivity index (χ3n) is 2.89. The Morgan fingerprint density at radius 1 is 1.29 bits per heavy atom. The van der Waals surface area contributed by atoms with Crippen molar-refractivity contribution in [3.63, 3.8) is 0 Å². The third-order valence-corrected chi connectivity index (χ3v) is 2.89. The molecule has 1 aliphatic rings. The van der Waals surface area contributed by atoms with Crippen LogP contribution in [-0.4, -0.2) is 30.5 Å². The molecule has 0 radical (unpaired) electrons. The second-order valence-corrected chi connectivity index (χ2v) is 4.67. The van der Waals surface area contributed by atoms with Gasteiger partial charge in [-0.3, -0.25) is 5.01 Å². The van der Waals surface area contributed by atoms with E-state index in [9.17, 15) is 4.39 Å². The molecule has 0 bridgehead atoms. The topological polar surface area (TPSA) is 15.6 Å². The number of rotatable bonds is 4. The fourth-order valence-electron chi connectivity index (χ4n) is 2.17. The summed E-state index contributed by atoms with van der Waals surface area (Å²) < 4.78 is 12.3. The Bertz CT molecular complexity index is 201. The fourth-order valence-corrected chi connectivity index (χ4v) is 2.17. The van der Waals surface area contributed by atoms with Gasteiger partial charge < -0.3 is 0 Å². The number of hydrogen-bond donors (Lipinski definition) is 0. The molecule has 3 heteroatoms. The predicted octanol–water partition coefficient (Wildman–Crippen LogP) is 2.55. The van der Waals surface area contributed by atoms with E-state index in [1.54, 1.807) is 0 Å². The Labute approximate surface area is 86.2 Å². The highest BCUT2D eigenvalue weighted by Crippen LogP contribution is 2.29. The average Bonchev–Trinajstić information content (AvgIpc) is 2.48. The molecule has 0 spiro atoms. The van der Waals surface area contributed by atoms with Gasteiger partial charge in [-0.1, -0.05) is 27.7 Å². The molecular formula is C11H21FN2. The molecule has 0 aromatic heterocycles. The van der Waals surface area contributed by atoms with Crippen molar-refractivity contribution in [2.24, 2.45) is 22.9 Å². The lowest BCUT2D eigenvalue weighted by Gasteiger charge is -2.31. The maximum atomic E-state index is 12.3. The molecule has 82 valence electrons. The van der Waals surface area contributed by atoms with Crippen molar-refractivity contribution in [2.45, 2.75) is 33.7 Å². The lowest BCUT2D eigenvalue weighted by molar-refractivity contribution is 0.130. The Morgan fingerprint density at radius 2 is 1.93 bits per heavy atom. The molecule has 2 atom stereocenters. The van der Waals surface area contributed by atoms with Crippen LogP contribution in [0.25, 0.3) is 0 Å². The lowest BCUT2D eigenvalue weighted by atomic mass is 9.84. The molecule has 2 nitrogen and oxygen atoms in total. The van der Waals surface area contributed by atoms with Gasteiger partial charge in [0.25, 0.3) is 0 Å². The van der Waals surface area contributed by atoms with Crippen LogP contribution in [0.3, 0.4) is 0 Å². The van der Waals surface area contributed by atoms with E-state index in [1.807, 2.05) is 11.2 Å². The first-order valence-corrected chi connectivity index (χ1v) is 5.44. The number of hydrazone groups is 1. The summed E-state index contributed by atoms with van der Waals surface area (Å²) in [5.74, 6) is 1.58. The zero-order chi connectivity index (χ0) is 10.7. The summed E-state index contributed by atoms with van der Waals surface area (Å²) >= 11 is 0. The normalized spacial score (nSPS) is 26.9. The van der Waals surface area contributed by atoms with Crippen LogP contribution >= 0.6 is 0 Å². The van der Waals surface area contributed by atoms with Crippen molar-refractivity contribution in [1.82, 2.24) is 5.01 Å². The van der Waals surface area contributed by atoms with Crippen LogP contribution in [0.1, 0.15) is 27.7 Å². The first-order chi connectivity index (χ1) is 6.57. The Kier molecular flexibility index (Phi) is 3.90. The van der Waals surface area contributed by atoms with Gasteiger partial charge in [-0.05, 0) is 11.8 Å². The van der Waals surface area contributed by atoms with Gasteiger partial charge in [0.05, 0.1) is 12.6 Å². The molecule has 0 aromatic carbocycles. The average molecular weight is 200 g/mol. The van der Waals surface area contributed by atoms with Gasteiger partial charge in [-0.2, -0.15) is 5.10 Å². The molecular weight excluding hydrogens is 179 g/mol. The van der Waals surface area contributed by atoms with Crippen LogP contribution in [0.2, 0.25) is 0 Å². The Morgan fingerprint density at radius 3 is 2.36 bits per heavy atom. The number of halogens is 1. The van der Waals surface area contributed by atoms with Crippen LogP contribution in [0.4, 0.5) is 4.39 Å². The lowest BCUT2D eigenvalue weighted by Crippen LogP contribution is -2.39. The van der Waals surface area contributed by atoms with Crippen LogP contribution in [0, 0.1) is 17.8 Å². The quantitative estimate of drug-likeness (QED) is 0.681. The van der Waals surface area contributed by atoms with E-state index in [2.05, 4.69) is 32.8 Å². The molecule has 14 heavy (non-hydrogen) atoms. The van der Waals surface area contributed by atoms with E-state index in [0.29, 0.717) is 30.3 Å². The molecule has 2 unspecified atom stereocenters. The van der Waals surface area contributed by atoms with E-state index in [4.69, 9.17) is 0 Å². The van der Waals surface area contributed by atoms with E-state index in [0.717, 1.165) is 0 Å². The Balaban J connectivity index is 2.69. The second kappa shape index (κ2) is 4.76. The smallest absolute Gasteiger partial charge is 0.109 e. The van der Waals surface area contributed by atoms with Crippen molar-refractivity contribution in [2.75, 3.05) is 13.2 Å². The minimum Gasteiger partial charge on any atom is -0.291 e. The van der Waals surface area contributed by atoms with Crippen LogP contribution in [0.15, 0.2) is 5.10 Å². The van der Waals surface area contributed by atoms with Gasteiger partial charge in [0, 0.05) is 12.1 Å². The monoisotopic (exact) mass is 200 g/mol. The van der Waals surface area contributed by atoms with Gasteiger partial charge in [0.2, 0.25) is 0 Å². The van der Waals surface area contributed by atoms with Crippen molar-refractivity contribution in [1.29, 1.82) is 0 Å². The summed E-state index contributed by atoms with van der Waals surface area (Å²) in [7, 11) is 0. The molecule has 1 aliphatic heterocycles. The third kappa shape index (κ3) is 2.25. The minimum atomic E-state index is -0.314. The number of nitrogens with zero attached hydrogens (tertiary/aromatic N) is 2. The highest BCUT2D eigenvalue weighted by Gasteiger charge is 2.34. The standard InChI is InChI=1S/C11H21FN2/c1-8(2)10-7-13-14(6-5-12)11(10)9(3)4/h7-11H,5-6H2,1-4H3. The summed E-state index contributed by atoms with van der Waals surface area (Å²) in [5, 5.41) is 6.21. The van der Waals surface area contributed by atoms with E-state index >= 15 is 0 Å². The van der Waals surface area contributed by atoms with Gasteiger partial charge >= 0.3 is 0 Å². The van der Waals surface area contributed by atoms with Crippen molar-refractivity contribution >= 4 is 6.21 Å². The minimum absolute atomic E-state index is 0.314. The van der Waals surface area contributed by atoms with Gasteiger partial charge in [-0.15, -0.1) is 0 Å². The highest BCUT2D eigenvalue weighted by atomic mass is 19.1. The summed E-state index contributed by atoms with van der Waals surface area (Å²) in [5.41, 5.74) is 0. The summed E-state index contributed by atoms with van der Waals surface area (Å²) in [6, 6.07) is 0.380. The van der Waals surface area contributed by atoms with E-state index in [1.165, 1.54) is 0 Å². The summed E-state index contributed by atoms with van der Waals surface area (Å²) in [6.07, 6.45) is 1.99. The van der Waals surface area contributed by atoms with Crippen molar-refractivity contribution in [3.8, 4) is 0 Å². The molecule has 0 saturated carbocycles. The summed E-state index contributed by atoms with van der Waals surface area (Å²) in [4.78, 5) is 0. The van der Waals surface area contributed by atoms with Crippen LogP contribution in [0.5, 0.6) is 0 Å². The maximum absolute atomic E-state index is 12.3. The first-order valence-electron chi connectivity index (χ1n) is 5.44. The first kappa shape index (κ1) is 11.5.